The van der Waals surface area contributed by atoms with E-state index >= 15 is 0 Å². The van der Waals surface area contributed by atoms with Crippen LogP contribution in [0, 0.1) is 0 Å². The smallest absolute Gasteiger partial charge is 0.114 e. The van der Waals surface area contributed by atoms with Crippen molar-refractivity contribution in [1.29, 1.82) is 0 Å². The number of hydrogen-bond donors (Lipinski definition) is 1. The van der Waals surface area contributed by atoms with Gasteiger partial charge in [-0.15, -0.1) is 11.3 Å². The van der Waals surface area contributed by atoms with E-state index < -0.39 is 6.10 Å². The second-order valence-electron chi connectivity index (χ2n) is 4.48. The molecule has 18 heavy (non-hydrogen) atoms. The molecule has 0 aliphatic heterocycles. The summed E-state index contributed by atoms with van der Waals surface area (Å²) in [5.41, 5.74) is 2.09. The van der Waals surface area contributed by atoms with Crippen LogP contribution in [0.1, 0.15) is 22.1 Å². The molecule has 0 saturated heterocycles. The largest absolute Gasteiger partial charge is 0.383 e. The molecule has 0 fully saturated rings. The molecule has 1 aromatic heterocycles. The van der Waals surface area contributed by atoms with Gasteiger partial charge in [0.05, 0.1) is 4.34 Å². The van der Waals surface area contributed by atoms with Gasteiger partial charge >= 0.3 is 0 Å². The molecular formula is C14H16ClNOS. The van der Waals surface area contributed by atoms with E-state index in [1.54, 1.807) is 0 Å². The fourth-order valence-electron chi connectivity index (χ4n) is 1.91. The average molecular weight is 282 g/mol. The molecule has 0 amide bonds. The van der Waals surface area contributed by atoms with E-state index in [-0.39, 0.29) is 0 Å². The SMILES string of the molecule is CN(C)Cc1ccccc1C(O)c1ccc(Cl)s1. The first kappa shape index (κ1) is 13.6. The normalized spacial score (nSPS) is 12.9. The van der Waals surface area contributed by atoms with Crippen LogP contribution in [0.4, 0.5) is 0 Å². The maximum absolute atomic E-state index is 10.4. The minimum atomic E-state index is -0.598. The van der Waals surface area contributed by atoms with Crippen molar-refractivity contribution in [2.45, 2.75) is 12.6 Å². The quantitative estimate of drug-likeness (QED) is 0.926. The van der Waals surface area contributed by atoms with E-state index in [2.05, 4.69) is 4.90 Å². The zero-order chi connectivity index (χ0) is 13.1. The first-order valence-corrected chi connectivity index (χ1v) is 6.93. The highest BCUT2D eigenvalue weighted by Crippen LogP contribution is 2.32. The lowest BCUT2D eigenvalue weighted by Crippen LogP contribution is -2.13. The van der Waals surface area contributed by atoms with Gasteiger partial charge < -0.3 is 10.0 Å². The van der Waals surface area contributed by atoms with E-state index in [0.29, 0.717) is 4.34 Å². The zero-order valence-corrected chi connectivity index (χ0v) is 12.0. The van der Waals surface area contributed by atoms with Gasteiger partial charge in [0.15, 0.2) is 0 Å². The van der Waals surface area contributed by atoms with Gasteiger partial charge in [0.2, 0.25) is 0 Å². The summed E-state index contributed by atoms with van der Waals surface area (Å²) < 4.78 is 0.703. The molecule has 0 aliphatic carbocycles. The topological polar surface area (TPSA) is 23.5 Å². The van der Waals surface area contributed by atoms with Gasteiger partial charge in [0.1, 0.15) is 6.10 Å². The third-order valence-electron chi connectivity index (χ3n) is 2.70. The minimum absolute atomic E-state index is 0.598. The third kappa shape index (κ3) is 3.12. The summed E-state index contributed by atoms with van der Waals surface area (Å²) >= 11 is 7.34. The Morgan fingerprint density at radius 1 is 1.22 bits per heavy atom. The first-order valence-electron chi connectivity index (χ1n) is 5.74. The number of rotatable bonds is 4. The fraction of sp³-hybridized carbons (Fsp3) is 0.286. The van der Waals surface area contributed by atoms with Crippen molar-refractivity contribution in [1.82, 2.24) is 4.90 Å². The molecule has 1 heterocycles. The van der Waals surface area contributed by atoms with Crippen molar-refractivity contribution in [2.24, 2.45) is 0 Å². The van der Waals surface area contributed by atoms with Crippen LogP contribution in [0.3, 0.4) is 0 Å². The van der Waals surface area contributed by atoms with Crippen LogP contribution >= 0.6 is 22.9 Å². The number of hydrogen-bond acceptors (Lipinski definition) is 3. The highest BCUT2D eigenvalue weighted by Gasteiger charge is 2.16. The monoisotopic (exact) mass is 281 g/mol. The first-order chi connectivity index (χ1) is 8.58. The average Bonchev–Trinajstić information content (AvgIpc) is 2.75. The molecule has 1 atom stereocenters. The molecule has 0 aliphatic rings. The summed E-state index contributed by atoms with van der Waals surface area (Å²) in [5.74, 6) is 0. The third-order valence-corrected chi connectivity index (χ3v) is 3.98. The summed E-state index contributed by atoms with van der Waals surface area (Å²) in [7, 11) is 4.04. The van der Waals surface area contributed by atoms with Gasteiger partial charge in [0.25, 0.3) is 0 Å². The highest BCUT2D eigenvalue weighted by atomic mass is 35.5. The van der Waals surface area contributed by atoms with E-state index in [0.717, 1.165) is 22.5 Å². The number of halogens is 1. The minimum Gasteiger partial charge on any atom is -0.383 e. The Kier molecular flexibility index (Phi) is 4.40. The molecule has 2 nitrogen and oxygen atoms in total. The Balaban J connectivity index is 2.32. The fourth-order valence-corrected chi connectivity index (χ4v) is 2.98. The van der Waals surface area contributed by atoms with Crippen molar-refractivity contribution in [3.05, 3.63) is 56.7 Å². The molecule has 0 radical (unpaired) electrons. The van der Waals surface area contributed by atoms with Crippen LogP contribution in [-0.2, 0) is 6.54 Å². The van der Waals surface area contributed by atoms with Crippen molar-refractivity contribution in [3.63, 3.8) is 0 Å². The zero-order valence-electron chi connectivity index (χ0n) is 10.4. The van der Waals surface area contributed by atoms with Crippen molar-refractivity contribution >= 4 is 22.9 Å². The van der Waals surface area contributed by atoms with Crippen LogP contribution in [0.15, 0.2) is 36.4 Å². The van der Waals surface area contributed by atoms with Crippen LogP contribution in [0.25, 0.3) is 0 Å². The predicted octanol–water partition coefficient (Wildman–Crippen LogP) is 3.54. The number of nitrogens with zero attached hydrogens (tertiary/aromatic N) is 1. The van der Waals surface area contributed by atoms with E-state index in [9.17, 15) is 5.11 Å². The molecule has 0 spiro atoms. The maximum Gasteiger partial charge on any atom is 0.114 e. The maximum atomic E-state index is 10.4. The lowest BCUT2D eigenvalue weighted by molar-refractivity contribution is 0.221. The molecule has 4 heteroatoms. The van der Waals surface area contributed by atoms with Gasteiger partial charge in [-0.05, 0) is 37.4 Å². The van der Waals surface area contributed by atoms with Crippen LogP contribution in [0.5, 0.6) is 0 Å². The molecule has 0 bridgehead atoms. The second kappa shape index (κ2) is 5.85. The summed E-state index contributed by atoms with van der Waals surface area (Å²) in [6.45, 7) is 0.812. The molecule has 0 saturated carbocycles. The van der Waals surface area contributed by atoms with Crippen molar-refractivity contribution in [3.8, 4) is 0 Å². The molecule has 2 aromatic rings. The van der Waals surface area contributed by atoms with Crippen LogP contribution in [0.2, 0.25) is 4.34 Å². The van der Waals surface area contributed by atoms with Crippen LogP contribution in [-0.4, -0.2) is 24.1 Å². The lowest BCUT2D eigenvalue weighted by Gasteiger charge is -2.17. The van der Waals surface area contributed by atoms with Gasteiger partial charge in [-0.25, -0.2) is 0 Å². The van der Waals surface area contributed by atoms with Gasteiger partial charge in [-0.1, -0.05) is 35.9 Å². The number of aliphatic hydroxyl groups is 1. The summed E-state index contributed by atoms with van der Waals surface area (Å²) in [4.78, 5) is 2.97. The lowest BCUT2D eigenvalue weighted by atomic mass is 10.0. The Morgan fingerprint density at radius 3 is 2.56 bits per heavy atom. The summed E-state index contributed by atoms with van der Waals surface area (Å²) in [6.07, 6.45) is -0.598. The molecular weight excluding hydrogens is 266 g/mol. The standard InChI is InChI=1S/C14H16ClNOS/c1-16(2)9-10-5-3-4-6-11(10)14(17)12-7-8-13(15)18-12/h3-8,14,17H,9H2,1-2H3. The summed E-state index contributed by atoms with van der Waals surface area (Å²) in [5, 5.41) is 10.4. The second-order valence-corrected chi connectivity index (χ2v) is 6.23. The Morgan fingerprint density at radius 2 is 1.94 bits per heavy atom. The van der Waals surface area contributed by atoms with E-state index in [4.69, 9.17) is 11.6 Å². The Labute approximate surface area is 116 Å². The molecule has 2 rings (SSSR count). The number of thiophene rings is 1. The van der Waals surface area contributed by atoms with Crippen molar-refractivity contribution in [2.75, 3.05) is 14.1 Å². The summed E-state index contributed by atoms with van der Waals surface area (Å²) in [6, 6.07) is 11.7. The Bertz CT molecular complexity index is 524. The van der Waals surface area contributed by atoms with Gasteiger partial charge in [0, 0.05) is 11.4 Å². The molecule has 1 N–H and O–H groups in total. The van der Waals surface area contributed by atoms with Gasteiger partial charge in [-0.2, -0.15) is 0 Å². The van der Waals surface area contributed by atoms with E-state index in [1.807, 2.05) is 50.5 Å². The molecule has 96 valence electrons. The molecule has 1 aromatic carbocycles. The number of benzene rings is 1. The Hall–Kier alpha value is -0.870. The number of aliphatic hydroxyl groups excluding tert-OH is 1. The van der Waals surface area contributed by atoms with Crippen LogP contribution < -0.4 is 0 Å². The molecule has 1 unspecified atom stereocenters. The van der Waals surface area contributed by atoms with Gasteiger partial charge in [-0.3, -0.25) is 0 Å². The van der Waals surface area contributed by atoms with Crippen molar-refractivity contribution < 1.29 is 5.11 Å². The predicted molar refractivity (Wildman–Crippen MR) is 77.2 cm³/mol. The highest BCUT2D eigenvalue weighted by molar-refractivity contribution is 7.16. The van der Waals surface area contributed by atoms with E-state index in [1.165, 1.54) is 11.3 Å².